The van der Waals surface area contributed by atoms with Crippen molar-refractivity contribution in [2.24, 2.45) is 21.2 Å². The molecule has 14 heavy (non-hydrogen) atoms. The number of para-hydroxylation sites is 1. The highest BCUT2D eigenvalue weighted by Crippen LogP contribution is 2.37. The lowest BCUT2D eigenvalue weighted by molar-refractivity contribution is -0.782. The quantitative estimate of drug-likeness (QED) is 0.486. The number of nitrogens with two attached hydrogens (primary N) is 1. The van der Waals surface area contributed by atoms with Crippen molar-refractivity contribution in [1.82, 2.24) is 0 Å². The fourth-order valence-electron chi connectivity index (χ4n) is 1.61. The van der Waals surface area contributed by atoms with Gasteiger partial charge >= 0.3 is 0 Å². The minimum Gasteiger partial charge on any atom is -0.199 e. The zero-order valence-corrected chi connectivity index (χ0v) is 7.33. The van der Waals surface area contributed by atoms with E-state index in [4.69, 9.17) is 5.84 Å². The molecule has 0 amide bonds. The smallest absolute Gasteiger partial charge is 0.199 e. The number of benzene rings is 1. The highest BCUT2D eigenvalue weighted by molar-refractivity contribution is 5.80. The predicted molar refractivity (Wildman–Crippen MR) is 51.9 cm³/mol. The van der Waals surface area contributed by atoms with Crippen LogP contribution in [0.3, 0.4) is 0 Å². The minimum absolute atomic E-state index is 0.170. The average molecular weight is 186 g/mol. The summed E-state index contributed by atoms with van der Waals surface area (Å²) in [7, 11) is 0. The molecular formula is C9H8N5+. The van der Waals surface area contributed by atoms with Gasteiger partial charge in [0.2, 0.25) is 12.0 Å². The average Bonchev–Trinajstić information content (AvgIpc) is 2.60. The van der Waals surface area contributed by atoms with Crippen LogP contribution in [0.5, 0.6) is 0 Å². The van der Waals surface area contributed by atoms with Crippen molar-refractivity contribution in [2.75, 3.05) is 0 Å². The van der Waals surface area contributed by atoms with Crippen LogP contribution < -0.4 is 5.84 Å². The molecule has 0 bridgehead atoms. The summed E-state index contributed by atoms with van der Waals surface area (Å²) in [6.07, 6.45) is 3.24. The third-order valence-electron chi connectivity index (χ3n) is 2.32. The Kier molecular flexibility index (Phi) is 1.26. The molecule has 1 aromatic carbocycles. The molecule has 1 aromatic rings. The summed E-state index contributed by atoms with van der Waals surface area (Å²) in [6, 6.07) is 7.79. The lowest BCUT2D eigenvalue weighted by Crippen LogP contribution is -2.45. The standard InChI is InChI=1S/C9H8N5/c10-14-6-11-8-4-2-1-3-7(8)9(14)5-12-13-14/h1-6H,10H2/q+1. The van der Waals surface area contributed by atoms with Crippen LogP contribution in [0, 0.1) is 0 Å². The van der Waals surface area contributed by atoms with Crippen LogP contribution >= 0.6 is 0 Å². The number of hydrogen-bond acceptors (Lipinski definition) is 4. The summed E-state index contributed by atoms with van der Waals surface area (Å²) < 4.78 is -0.170. The van der Waals surface area contributed by atoms with Gasteiger partial charge in [-0.05, 0) is 16.8 Å². The first-order chi connectivity index (χ1) is 6.80. The van der Waals surface area contributed by atoms with Gasteiger partial charge in [-0.1, -0.05) is 17.2 Å². The number of rotatable bonds is 0. The molecule has 2 aliphatic heterocycles. The Morgan fingerprint density at radius 3 is 3.00 bits per heavy atom. The van der Waals surface area contributed by atoms with Crippen molar-refractivity contribution in [3.63, 3.8) is 0 Å². The first-order valence-electron chi connectivity index (χ1n) is 4.25. The summed E-state index contributed by atoms with van der Waals surface area (Å²) in [6.45, 7) is 0. The Balaban J connectivity index is 2.29. The van der Waals surface area contributed by atoms with Gasteiger partial charge in [0.15, 0.2) is 0 Å². The zero-order chi connectivity index (χ0) is 9.60. The largest absolute Gasteiger partial charge is 0.244 e. The molecular weight excluding hydrogens is 178 g/mol. The monoisotopic (exact) mass is 186 g/mol. The molecule has 2 N–H and O–H groups in total. The van der Waals surface area contributed by atoms with Crippen molar-refractivity contribution in [1.29, 1.82) is 0 Å². The summed E-state index contributed by atoms with van der Waals surface area (Å²) in [5, 5.41) is 7.70. The van der Waals surface area contributed by atoms with Crippen LogP contribution in [-0.4, -0.2) is 11.0 Å². The Bertz CT molecular complexity index is 488. The van der Waals surface area contributed by atoms with Gasteiger partial charge < -0.3 is 0 Å². The Labute approximate surface area is 80.4 Å². The van der Waals surface area contributed by atoms with Gasteiger partial charge in [0.05, 0.1) is 16.5 Å². The fourth-order valence-corrected chi connectivity index (χ4v) is 1.61. The second-order valence-corrected chi connectivity index (χ2v) is 3.22. The molecule has 2 heterocycles. The molecule has 0 aliphatic carbocycles. The van der Waals surface area contributed by atoms with Crippen LogP contribution in [-0.2, 0) is 0 Å². The molecule has 0 fully saturated rings. The minimum atomic E-state index is -0.170. The number of hydrogen-bond donors (Lipinski definition) is 1. The summed E-state index contributed by atoms with van der Waals surface area (Å²) in [4.78, 5) is 4.24. The van der Waals surface area contributed by atoms with E-state index in [-0.39, 0.29) is 4.70 Å². The summed E-state index contributed by atoms with van der Waals surface area (Å²) in [5.74, 6) is 5.94. The summed E-state index contributed by atoms with van der Waals surface area (Å²) in [5.41, 5.74) is 2.75. The fraction of sp³-hybridized carbons (Fsp3) is 0. The molecule has 1 unspecified atom stereocenters. The third-order valence-corrected chi connectivity index (χ3v) is 2.32. The molecule has 0 spiro atoms. The van der Waals surface area contributed by atoms with Gasteiger partial charge in [-0.15, -0.1) is 5.84 Å². The second kappa shape index (κ2) is 2.34. The van der Waals surface area contributed by atoms with Crippen molar-refractivity contribution < 1.29 is 4.70 Å². The number of aliphatic imine (C=N–C) groups is 1. The molecule has 3 rings (SSSR count). The van der Waals surface area contributed by atoms with Crippen LogP contribution in [0.4, 0.5) is 5.69 Å². The van der Waals surface area contributed by atoms with Gasteiger partial charge in [-0.25, -0.2) is 0 Å². The highest BCUT2D eigenvalue weighted by atomic mass is 15.8. The molecule has 68 valence electrons. The van der Waals surface area contributed by atoms with E-state index in [2.05, 4.69) is 15.3 Å². The first kappa shape index (κ1) is 7.54. The van der Waals surface area contributed by atoms with E-state index < -0.39 is 0 Å². The predicted octanol–water partition coefficient (Wildman–Crippen LogP) is 1.73. The Hall–Kier alpha value is -1.85. The Morgan fingerprint density at radius 2 is 2.07 bits per heavy atom. The molecule has 2 aliphatic rings. The van der Waals surface area contributed by atoms with Crippen molar-refractivity contribution in [3.05, 3.63) is 36.0 Å². The maximum atomic E-state index is 5.94. The van der Waals surface area contributed by atoms with Crippen molar-refractivity contribution in [3.8, 4) is 0 Å². The second-order valence-electron chi connectivity index (χ2n) is 3.22. The molecule has 5 nitrogen and oxygen atoms in total. The van der Waals surface area contributed by atoms with Crippen LogP contribution in [0.2, 0.25) is 0 Å². The van der Waals surface area contributed by atoms with E-state index >= 15 is 0 Å². The maximum absolute atomic E-state index is 5.94. The van der Waals surface area contributed by atoms with E-state index in [0.717, 1.165) is 16.9 Å². The van der Waals surface area contributed by atoms with E-state index in [1.807, 2.05) is 24.3 Å². The van der Waals surface area contributed by atoms with E-state index in [0.29, 0.717) is 0 Å². The third kappa shape index (κ3) is 0.822. The van der Waals surface area contributed by atoms with Crippen LogP contribution in [0.15, 0.2) is 45.8 Å². The van der Waals surface area contributed by atoms with Gasteiger partial charge in [-0.3, -0.25) is 0 Å². The molecule has 0 saturated heterocycles. The number of quaternary nitrogens is 1. The van der Waals surface area contributed by atoms with Gasteiger partial charge in [0, 0.05) is 0 Å². The van der Waals surface area contributed by atoms with Gasteiger partial charge in [-0.2, -0.15) is 4.99 Å². The molecule has 0 radical (unpaired) electrons. The van der Waals surface area contributed by atoms with Crippen molar-refractivity contribution >= 4 is 17.7 Å². The van der Waals surface area contributed by atoms with E-state index in [1.54, 1.807) is 12.5 Å². The zero-order valence-electron chi connectivity index (χ0n) is 7.33. The molecule has 5 heteroatoms. The van der Waals surface area contributed by atoms with Crippen LogP contribution in [0.1, 0.15) is 5.56 Å². The molecule has 1 atom stereocenters. The van der Waals surface area contributed by atoms with Crippen molar-refractivity contribution in [2.45, 2.75) is 0 Å². The first-order valence-corrected chi connectivity index (χ1v) is 4.25. The molecule has 0 saturated carbocycles. The summed E-state index contributed by atoms with van der Waals surface area (Å²) >= 11 is 0. The van der Waals surface area contributed by atoms with E-state index in [1.165, 1.54) is 0 Å². The molecule has 0 aromatic heterocycles. The van der Waals surface area contributed by atoms with Gasteiger partial charge in [0.25, 0.3) is 0 Å². The highest BCUT2D eigenvalue weighted by Gasteiger charge is 2.38. The lowest BCUT2D eigenvalue weighted by atomic mass is 10.1. The number of fused-ring (bicyclic) bond motifs is 3. The Morgan fingerprint density at radius 1 is 1.21 bits per heavy atom. The topological polar surface area (TPSA) is 63.1 Å². The number of nitrogens with zero attached hydrogens (tertiary/aromatic N) is 4. The lowest BCUT2D eigenvalue weighted by Gasteiger charge is -2.21. The maximum Gasteiger partial charge on any atom is 0.244 e. The SMILES string of the molecule is N[N+]12C=Nc3ccccc3C1=CN=N2. The normalized spacial score (nSPS) is 27.1. The van der Waals surface area contributed by atoms with Gasteiger partial charge in [0.1, 0.15) is 6.20 Å². The van der Waals surface area contributed by atoms with Crippen LogP contribution in [0.25, 0.3) is 5.70 Å². The van der Waals surface area contributed by atoms with E-state index in [9.17, 15) is 0 Å².